The molecule has 1 aromatic carbocycles. The Hall–Kier alpha value is -2.21. The van der Waals surface area contributed by atoms with E-state index in [-0.39, 0.29) is 5.69 Å². The van der Waals surface area contributed by atoms with Crippen molar-refractivity contribution in [2.24, 2.45) is 4.99 Å². The summed E-state index contributed by atoms with van der Waals surface area (Å²) in [6, 6.07) is 6.56. The van der Waals surface area contributed by atoms with Gasteiger partial charge in [-0.15, -0.1) is 0 Å². The zero-order valence-corrected chi connectivity index (χ0v) is 11.1. The molecule has 0 aliphatic rings. The van der Waals surface area contributed by atoms with Crippen LogP contribution in [0.2, 0.25) is 0 Å². The molecule has 0 bridgehead atoms. The van der Waals surface area contributed by atoms with Crippen molar-refractivity contribution in [2.45, 2.75) is 6.92 Å². The van der Waals surface area contributed by atoms with E-state index in [1.165, 1.54) is 6.07 Å². The molecular formula is C13H12N2O3S. The smallest absolute Gasteiger partial charge is 0.298 e. The molecule has 98 valence electrons. The van der Waals surface area contributed by atoms with Crippen molar-refractivity contribution in [3.05, 3.63) is 50.7 Å². The zero-order chi connectivity index (χ0) is 13.7. The van der Waals surface area contributed by atoms with Crippen LogP contribution in [0.15, 0.2) is 40.0 Å². The molecule has 0 fully saturated rings. The number of ether oxygens (including phenoxy) is 1. The number of nitrogens with zero attached hydrogens (tertiary/aromatic N) is 2. The summed E-state index contributed by atoms with van der Waals surface area (Å²) in [6.45, 7) is 2.29. The summed E-state index contributed by atoms with van der Waals surface area (Å²) in [6.07, 6.45) is 1.61. The largest absolute Gasteiger partial charge is 0.494 e. The highest BCUT2D eigenvalue weighted by Crippen LogP contribution is 2.31. The van der Waals surface area contributed by atoms with Gasteiger partial charge >= 0.3 is 0 Å². The highest BCUT2D eigenvalue weighted by molar-refractivity contribution is 7.08. The molecule has 0 aliphatic carbocycles. The second-order valence-corrected chi connectivity index (χ2v) is 4.44. The van der Waals surface area contributed by atoms with Gasteiger partial charge in [-0.3, -0.25) is 10.1 Å². The highest BCUT2D eigenvalue weighted by Gasteiger charge is 2.14. The van der Waals surface area contributed by atoms with E-state index in [0.29, 0.717) is 18.0 Å². The first-order valence-electron chi connectivity index (χ1n) is 5.68. The first-order chi connectivity index (χ1) is 9.20. The number of hydrogen-bond acceptors (Lipinski definition) is 5. The van der Waals surface area contributed by atoms with E-state index in [4.69, 9.17) is 4.74 Å². The van der Waals surface area contributed by atoms with Crippen LogP contribution in [0.1, 0.15) is 12.5 Å². The Morgan fingerprint density at radius 1 is 1.47 bits per heavy atom. The van der Waals surface area contributed by atoms with Crippen LogP contribution in [0.25, 0.3) is 0 Å². The number of nitro groups is 1. The summed E-state index contributed by atoms with van der Waals surface area (Å²) in [7, 11) is 0. The standard InChI is InChI=1S/C13H12N2O3S/c1-2-18-11-3-4-12(13(7-11)15(16)17)14-8-10-5-6-19-9-10/h3-9H,2H2,1H3. The summed E-state index contributed by atoms with van der Waals surface area (Å²) in [5.74, 6) is 0.476. The average Bonchev–Trinajstić information content (AvgIpc) is 2.90. The third-order valence-electron chi connectivity index (χ3n) is 2.35. The van der Waals surface area contributed by atoms with Crippen molar-refractivity contribution in [3.8, 4) is 5.75 Å². The van der Waals surface area contributed by atoms with Crippen molar-refractivity contribution in [3.63, 3.8) is 0 Å². The molecule has 2 aromatic rings. The quantitative estimate of drug-likeness (QED) is 0.474. The van der Waals surface area contributed by atoms with Crippen LogP contribution in [-0.2, 0) is 0 Å². The second kappa shape index (κ2) is 6.10. The zero-order valence-electron chi connectivity index (χ0n) is 10.3. The van der Waals surface area contributed by atoms with Gasteiger partial charge in [-0.2, -0.15) is 11.3 Å². The summed E-state index contributed by atoms with van der Waals surface area (Å²) in [5, 5.41) is 14.9. The van der Waals surface area contributed by atoms with Gasteiger partial charge in [-0.05, 0) is 35.9 Å². The van der Waals surface area contributed by atoms with Crippen LogP contribution in [-0.4, -0.2) is 17.7 Å². The fraction of sp³-hybridized carbons (Fsp3) is 0.154. The van der Waals surface area contributed by atoms with Gasteiger partial charge < -0.3 is 4.74 Å². The van der Waals surface area contributed by atoms with Gasteiger partial charge in [0.1, 0.15) is 11.4 Å². The Labute approximate surface area is 114 Å². The monoisotopic (exact) mass is 276 g/mol. The van der Waals surface area contributed by atoms with Gasteiger partial charge in [-0.25, -0.2) is 4.99 Å². The van der Waals surface area contributed by atoms with Crippen molar-refractivity contribution >= 4 is 28.9 Å². The lowest BCUT2D eigenvalue weighted by Crippen LogP contribution is -1.94. The average molecular weight is 276 g/mol. The molecule has 0 saturated carbocycles. The van der Waals surface area contributed by atoms with Crippen LogP contribution in [0.3, 0.4) is 0 Å². The first-order valence-corrected chi connectivity index (χ1v) is 6.62. The van der Waals surface area contributed by atoms with Gasteiger partial charge in [0.15, 0.2) is 0 Å². The van der Waals surface area contributed by atoms with Crippen LogP contribution in [0, 0.1) is 10.1 Å². The minimum absolute atomic E-state index is 0.0579. The van der Waals surface area contributed by atoms with E-state index in [1.54, 1.807) is 29.7 Å². The predicted octanol–water partition coefficient (Wildman–Crippen LogP) is 3.81. The molecular weight excluding hydrogens is 264 g/mol. The van der Waals surface area contributed by atoms with E-state index >= 15 is 0 Å². The van der Waals surface area contributed by atoms with E-state index in [1.807, 2.05) is 23.8 Å². The minimum Gasteiger partial charge on any atom is -0.494 e. The van der Waals surface area contributed by atoms with Gasteiger partial charge in [-0.1, -0.05) is 0 Å². The van der Waals surface area contributed by atoms with Crippen molar-refractivity contribution in [1.29, 1.82) is 0 Å². The van der Waals surface area contributed by atoms with Crippen molar-refractivity contribution < 1.29 is 9.66 Å². The fourth-order valence-corrected chi connectivity index (χ4v) is 2.12. The van der Waals surface area contributed by atoms with Crippen molar-refractivity contribution in [1.82, 2.24) is 0 Å². The summed E-state index contributed by atoms with van der Waals surface area (Å²) >= 11 is 1.55. The number of rotatable bonds is 5. The Bertz CT molecular complexity index is 594. The summed E-state index contributed by atoms with van der Waals surface area (Å²) < 4.78 is 5.25. The van der Waals surface area contributed by atoms with Crippen LogP contribution in [0.5, 0.6) is 5.75 Å². The molecule has 0 N–H and O–H groups in total. The number of benzene rings is 1. The maximum absolute atomic E-state index is 11.0. The second-order valence-electron chi connectivity index (χ2n) is 3.66. The van der Waals surface area contributed by atoms with Crippen LogP contribution < -0.4 is 4.74 Å². The lowest BCUT2D eigenvalue weighted by molar-refractivity contribution is -0.384. The maximum Gasteiger partial charge on any atom is 0.298 e. The molecule has 0 aliphatic heterocycles. The third-order valence-corrected chi connectivity index (χ3v) is 3.05. The molecule has 6 heteroatoms. The molecule has 0 amide bonds. The molecule has 0 atom stereocenters. The lowest BCUT2D eigenvalue weighted by atomic mass is 10.2. The van der Waals surface area contributed by atoms with Gasteiger partial charge in [0.25, 0.3) is 5.69 Å². The predicted molar refractivity (Wildman–Crippen MR) is 75.8 cm³/mol. The number of nitro benzene ring substituents is 1. The fourth-order valence-electron chi connectivity index (χ4n) is 1.51. The van der Waals surface area contributed by atoms with E-state index in [0.717, 1.165) is 5.56 Å². The van der Waals surface area contributed by atoms with E-state index < -0.39 is 4.92 Å². The van der Waals surface area contributed by atoms with Crippen LogP contribution >= 0.6 is 11.3 Å². The first kappa shape index (κ1) is 13.2. The maximum atomic E-state index is 11.0. The lowest BCUT2D eigenvalue weighted by Gasteiger charge is -2.03. The van der Waals surface area contributed by atoms with Crippen molar-refractivity contribution in [2.75, 3.05) is 6.61 Å². The highest BCUT2D eigenvalue weighted by atomic mass is 32.1. The molecule has 0 saturated heterocycles. The van der Waals surface area contributed by atoms with Gasteiger partial charge in [0.2, 0.25) is 0 Å². The van der Waals surface area contributed by atoms with Gasteiger partial charge in [0.05, 0.1) is 17.6 Å². The molecule has 0 spiro atoms. The number of hydrogen-bond donors (Lipinski definition) is 0. The SMILES string of the molecule is CCOc1ccc(N=Cc2ccsc2)c([N+](=O)[O-])c1. The molecule has 2 rings (SSSR count). The molecule has 1 heterocycles. The van der Waals surface area contributed by atoms with Crippen LogP contribution in [0.4, 0.5) is 11.4 Å². The Morgan fingerprint density at radius 3 is 2.95 bits per heavy atom. The Balaban J connectivity index is 2.31. The molecule has 1 aromatic heterocycles. The van der Waals surface area contributed by atoms with E-state index in [9.17, 15) is 10.1 Å². The molecule has 0 unspecified atom stereocenters. The van der Waals surface area contributed by atoms with E-state index in [2.05, 4.69) is 4.99 Å². The van der Waals surface area contributed by atoms with Gasteiger partial charge in [0, 0.05) is 11.8 Å². The minimum atomic E-state index is -0.456. The third kappa shape index (κ3) is 3.38. The topological polar surface area (TPSA) is 64.7 Å². The summed E-state index contributed by atoms with van der Waals surface area (Å²) in [5.41, 5.74) is 1.19. The Morgan fingerprint density at radius 2 is 2.32 bits per heavy atom. The molecule has 0 radical (unpaired) electrons. The normalized spacial score (nSPS) is 10.8. The number of thiophene rings is 1. The molecule has 5 nitrogen and oxygen atoms in total. The number of aliphatic imine (C=N–C) groups is 1. The molecule has 19 heavy (non-hydrogen) atoms. The Kier molecular flexibility index (Phi) is 4.25. The summed E-state index contributed by atoms with van der Waals surface area (Å²) in [4.78, 5) is 14.7.